The number of hydrogen-bond acceptors (Lipinski definition) is 6. The molecule has 9 heteroatoms. The number of urea groups is 1. The number of carboxylic acid groups (broad SMARTS) is 1. The quantitative estimate of drug-likeness (QED) is 0.345. The third-order valence-corrected chi connectivity index (χ3v) is 8.19. The Morgan fingerprint density at radius 2 is 1.95 bits per heavy atom. The number of fused-ring (bicyclic) bond motifs is 1. The van der Waals surface area contributed by atoms with Crippen molar-refractivity contribution in [3.05, 3.63) is 58.1 Å². The molecule has 9 nitrogen and oxygen atoms in total. The first-order chi connectivity index (χ1) is 18.6. The monoisotopic (exact) mass is 537 g/mol. The summed E-state index contributed by atoms with van der Waals surface area (Å²) >= 11 is 0. The fourth-order valence-electron chi connectivity index (χ4n) is 5.78. The molecule has 2 atom stereocenters. The maximum absolute atomic E-state index is 13.4. The Morgan fingerprint density at radius 3 is 2.62 bits per heavy atom. The van der Waals surface area contributed by atoms with Crippen LogP contribution in [0.1, 0.15) is 60.9 Å². The molecule has 39 heavy (non-hydrogen) atoms. The van der Waals surface area contributed by atoms with Crippen LogP contribution in [0.3, 0.4) is 0 Å². The Bertz CT molecular complexity index is 1200. The van der Waals surface area contributed by atoms with Gasteiger partial charge in [-0.3, -0.25) is 4.79 Å². The second kappa shape index (κ2) is 12.3. The largest absolute Gasteiger partial charge is 0.481 e. The molecule has 0 bridgehead atoms. The van der Waals surface area contributed by atoms with Crippen molar-refractivity contribution < 1.29 is 19.4 Å². The summed E-state index contributed by atoms with van der Waals surface area (Å²) in [7, 11) is 1.85. The lowest BCUT2D eigenvalue weighted by molar-refractivity contribution is -0.137. The molecule has 2 aromatic carbocycles. The maximum Gasteiger partial charge on any atom is 0.320 e. The minimum atomic E-state index is -0.867. The van der Waals surface area contributed by atoms with Crippen molar-refractivity contribution in [1.29, 1.82) is 0 Å². The van der Waals surface area contributed by atoms with Crippen molar-refractivity contribution in [3.63, 3.8) is 0 Å². The van der Waals surface area contributed by atoms with E-state index in [0.717, 1.165) is 40.9 Å². The van der Waals surface area contributed by atoms with Gasteiger partial charge in [-0.2, -0.15) is 0 Å². The van der Waals surface area contributed by atoms with Gasteiger partial charge in [-0.05, 0) is 60.1 Å². The minimum Gasteiger partial charge on any atom is -0.481 e. The highest BCUT2D eigenvalue weighted by Crippen LogP contribution is 2.37. The molecule has 2 heterocycles. The van der Waals surface area contributed by atoms with E-state index in [9.17, 15) is 14.7 Å². The first kappa shape index (κ1) is 28.7. The van der Waals surface area contributed by atoms with Crippen LogP contribution in [0.5, 0.6) is 0 Å². The molecule has 2 aliphatic heterocycles. The molecular formula is C30H43N5O4. The number of hydrazine groups is 1. The average molecular weight is 538 g/mol. The number of amides is 2. The number of aliphatic carboxylic acids is 1. The highest BCUT2D eigenvalue weighted by atomic mass is 16.5. The van der Waals surface area contributed by atoms with Gasteiger partial charge in [0.2, 0.25) is 0 Å². The molecule has 2 aromatic rings. The van der Waals surface area contributed by atoms with Gasteiger partial charge in [0.25, 0.3) is 0 Å². The van der Waals surface area contributed by atoms with E-state index in [1.807, 2.05) is 53.9 Å². The van der Waals surface area contributed by atoms with E-state index in [1.165, 1.54) is 5.56 Å². The summed E-state index contributed by atoms with van der Waals surface area (Å²) in [6.45, 7) is 11.9. The predicted molar refractivity (Wildman–Crippen MR) is 154 cm³/mol. The number of nitrogens with two attached hydrogens (primary N) is 1. The molecule has 4 rings (SSSR count). The van der Waals surface area contributed by atoms with Crippen LogP contribution in [0.2, 0.25) is 0 Å². The van der Waals surface area contributed by atoms with Crippen LogP contribution in [0.4, 0.5) is 16.2 Å². The fraction of sp³-hybridized carbons (Fsp3) is 0.533. The van der Waals surface area contributed by atoms with Crippen molar-refractivity contribution in [3.8, 4) is 0 Å². The standard InChI is InChI=1S/C30H43N5O4/c1-6-35(32-5)26-10-9-24(20(4)29(26)31)25(16-28(36)37)22-8-7-21-11-12-33(17-23(21)15-22)30(38)34-13-14-39-27(18-34)19(2)3/h7-10,15,19,25,27,32H,6,11-14,16-18,31H2,1-5H3,(H,36,37). The third-order valence-electron chi connectivity index (χ3n) is 8.19. The molecule has 0 saturated carbocycles. The Labute approximate surface area is 231 Å². The molecule has 212 valence electrons. The van der Waals surface area contributed by atoms with Gasteiger partial charge in [0.05, 0.1) is 30.5 Å². The van der Waals surface area contributed by atoms with Crippen molar-refractivity contribution in [1.82, 2.24) is 15.2 Å². The highest BCUT2D eigenvalue weighted by molar-refractivity contribution is 5.76. The van der Waals surface area contributed by atoms with Gasteiger partial charge in [0, 0.05) is 45.7 Å². The van der Waals surface area contributed by atoms with E-state index in [4.69, 9.17) is 10.5 Å². The van der Waals surface area contributed by atoms with Crippen LogP contribution in [0.25, 0.3) is 0 Å². The summed E-state index contributed by atoms with van der Waals surface area (Å²) in [5.74, 6) is -0.869. The summed E-state index contributed by atoms with van der Waals surface area (Å²) < 4.78 is 5.85. The van der Waals surface area contributed by atoms with Gasteiger partial charge in [0.1, 0.15) is 0 Å². The van der Waals surface area contributed by atoms with E-state index < -0.39 is 5.97 Å². The molecule has 0 aliphatic carbocycles. The summed E-state index contributed by atoms with van der Waals surface area (Å²) in [4.78, 5) is 29.2. The molecule has 4 N–H and O–H groups in total. The van der Waals surface area contributed by atoms with E-state index in [2.05, 4.69) is 31.4 Å². The molecule has 0 spiro atoms. The molecule has 1 fully saturated rings. The third kappa shape index (κ3) is 6.15. The topological polar surface area (TPSA) is 111 Å². The second-order valence-corrected chi connectivity index (χ2v) is 10.9. The Kier molecular flexibility index (Phi) is 9.02. The number of nitrogens with one attached hydrogen (secondary N) is 1. The lowest BCUT2D eigenvalue weighted by Gasteiger charge is -2.39. The van der Waals surface area contributed by atoms with Gasteiger partial charge in [-0.25, -0.2) is 10.2 Å². The summed E-state index contributed by atoms with van der Waals surface area (Å²) in [6.07, 6.45) is 0.790. The predicted octanol–water partition coefficient (Wildman–Crippen LogP) is 3.98. The average Bonchev–Trinajstić information content (AvgIpc) is 2.93. The van der Waals surface area contributed by atoms with Crippen molar-refractivity contribution in [2.45, 2.75) is 59.1 Å². The smallest absolute Gasteiger partial charge is 0.320 e. The Morgan fingerprint density at radius 1 is 1.18 bits per heavy atom. The number of nitrogens with zero attached hydrogens (tertiary/aromatic N) is 3. The van der Waals surface area contributed by atoms with E-state index in [0.29, 0.717) is 44.4 Å². The highest BCUT2D eigenvalue weighted by Gasteiger charge is 2.31. The fourth-order valence-corrected chi connectivity index (χ4v) is 5.78. The van der Waals surface area contributed by atoms with E-state index in [1.54, 1.807) is 0 Å². The van der Waals surface area contributed by atoms with Crippen molar-refractivity contribution >= 4 is 23.4 Å². The van der Waals surface area contributed by atoms with Gasteiger partial charge >= 0.3 is 12.0 Å². The summed E-state index contributed by atoms with van der Waals surface area (Å²) in [6, 6.07) is 10.2. The molecule has 2 amide bonds. The number of hydrogen-bond donors (Lipinski definition) is 3. The van der Waals surface area contributed by atoms with Crippen LogP contribution in [-0.2, 0) is 22.5 Å². The summed E-state index contributed by atoms with van der Waals surface area (Å²) in [5, 5.41) is 11.8. The molecular weight excluding hydrogens is 494 g/mol. The number of carbonyl (C=O) groups excluding carboxylic acids is 1. The molecule has 0 aromatic heterocycles. The number of anilines is 2. The molecule has 2 aliphatic rings. The number of benzene rings is 2. The maximum atomic E-state index is 13.4. The van der Waals surface area contributed by atoms with Crippen molar-refractivity contribution in [2.24, 2.45) is 5.92 Å². The van der Waals surface area contributed by atoms with E-state index >= 15 is 0 Å². The number of rotatable bonds is 8. The number of carboxylic acids is 1. The van der Waals surface area contributed by atoms with Gasteiger partial charge in [0.15, 0.2) is 0 Å². The van der Waals surface area contributed by atoms with Crippen LogP contribution >= 0.6 is 0 Å². The normalized spacial score (nSPS) is 18.2. The zero-order chi connectivity index (χ0) is 28.3. The van der Waals surface area contributed by atoms with Gasteiger partial charge in [-0.1, -0.05) is 38.1 Å². The summed E-state index contributed by atoms with van der Waals surface area (Å²) in [5.41, 5.74) is 16.2. The van der Waals surface area contributed by atoms with Crippen LogP contribution in [0, 0.1) is 12.8 Å². The number of morpholine rings is 1. The van der Waals surface area contributed by atoms with Crippen LogP contribution in [-0.4, -0.2) is 72.8 Å². The van der Waals surface area contributed by atoms with Gasteiger partial charge in [-0.15, -0.1) is 0 Å². The number of ether oxygens (including phenoxy) is 1. The minimum absolute atomic E-state index is 0.0467. The Balaban J connectivity index is 1.61. The van der Waals surface area contributed by atoms with E-state index in [-0.39, 0.29) is 24.5 Å². The molecule has 2 unspecified atom stereocenters. The molecule has 1 saturated heterocycles. The number of carbonyl (C=O) groups is 2. The Hall–Kier alpha value is -3.30. The number of nitrogen functional groups attached to an aromatic ring is 1. The lowest BCUT2D eigenvalue weighted by Crippen LogP contribution is -2.52. The molecule has 0 radical (unpaired) electrons. The first-order valence-corrected chi connectivity index (χ1v) is 14.0. The second-order valence-electron chi connectivity index (χ2n) is 10.9. The first-order valence-electron chi connectivity index (χ1n) is 14.0. The lowest BCUT2D eigenvalue weighted by atomic mass is 9.83. The van der Waals surface area contributed by atoms with Crippen LogP contribution < -0.4 is 16.2 Å². The van der Waals surface area contributed by atoms with Crippen LogP contribution in [0.15, 0.2) is 30.3 Å². The SMILES string of the molecule is CCN(NC)c1ccc(C(CC(=O)O)c2ccc3c(c2)CN(C(=O)N2CCOC(C(C)C)C2)CC3)c(C)c1N. The van der Waals surface area contributed by atoms with Gasteiger partial charge < -0.3 is 30.4 Å². The van der Waals surface area contributed by atoms with Crippen molar-refractivity contribution in [2.75, 3.05) is 50.6 Å². The zero-order valence-electron chi connectivity index (χ0n) is 23.9. The zero-order valence-corrected chi connectivity index (χ0v) is 23.9.